The van der Waals surface area contributed by atoms with Gasteiger partial charge in [0.25, 0.3) is 0 Å². The molecule has 21 heavy (non-hydrogen) atoms. The van der Waals surface area contributed by atoms with Gasteiger partial charge in [-0.15, -0.1) is 0 Å². The van der Waals surface area contributed by atoms with Gasteiger partial charge in [0.05, 0.1) is 6.04 Å². The Bertz CT molecular complexity index is 429. The van der Waals surface area contributed by atoms with Crippen LogP contribution in [0.25, 0.3) is 0 Å². The van der Waals surface area contributed by atoms with Crippen molar-refractivity contribution in [2.45, 2.75) is 64.0 Å². The molecule has 1 aliphatic rings. The summed E-state index contributed by atoms with van der Waals surface area (Å²) in [4.78, 5) is 2.32. The van der Waals surface area contributed by atoms with E-state index in [1.807, 2.05) is 0 Å². The van der Waals surface area contributed by atoms with Crippen LogP contribution >= 0.6 is 0 Å². The van der Waals surface area contributed by atoms with Gasteiger partial charge in [-0.1, -0.05) is 37.6 Å². The molecule has 1 aliphatic carbocycles. The Morgan fingerprint density at radius 3 is 2.24 bits per heavy atom. The summed E-state index contributed by atoms with van der Waals surface area (Å²) in [6, 6.07) is 9.75. The first-order chi connectivity index (χ1) is 9.96. The van der Waals surface area contributed by atoms with E-state index in [2.05, 4.69) is 69.3 Å². The average Bonchev–Trinajstić information content (AvgIpc) is 2.38. The summed E-state index contributed by atoms with van der Waals surface area (Å²) in [5, 5.41) is 3.74. The summed E-state index contributed by atoms with van der Waals surface area (Å²) >= 11 is 0. The van der Waals surface area contributed by atoms with Gasteiger partial charge in [0, 0.05) is 5.54 Å². The molecule has 0 bridgehead atoms. The van der Waals surface area contributed by atoms with Crippen molar-refractivity contribution in [1.29, 1.82) is 0 Å². The summed E-state index contributed by atoms with van der Waals surface area (Å²) in [5.74, 6) is 0.822. The van der Waals surface area contributed by atoms with Crippen LogP contribution in [0, 0.1) is 0 Å². The zero-order valence-electron chi connectivity index (χ0n) is 14.4. The summed E-state index contributed by atoms with van der Waals surface area (Å²) in [7, 11) is 4.34. The quantitative estimate of drug-likeness (QED) is 0.803. The zero-order chi connectivity index (χ0) is 15.5. The number of hydrogen-bond acceptors (Lipinski definition) is 2. The second-order valence-electron chi connectivity index (χ2n) is 7.23. The van der Waals surface area contributed by atoms with E-state index in [1.165, 1.54) is 36.8 Å². The molecule has 1 atom stereocenters. The van der Waals surface area contributed by atoms with Crippen molar-refractivity contribution in [2.24, 2.45) is 0 Å². The van der Waals surface area contributed by atoms with Crippen molar-refractivity contribution in [3.8, 4) is 0 Å². The van der Waals surface area contributed by atoms with Crippen molar-refractivity contribution in [3.63, 3.8) is 0 Å². The van der Waals surface area contributed by atoms with Gasteiger partial charge in [-0.2, -0.15) is 0 Å². The molecule has 1 fully saturated rings. The number of rotatable bonds is 7. The Labute approximate surface area is 130 Å². The van der Waals surface area contributed by atoms with E-state index in [0.717, 1.165) is 12.5 Å². The first kappa shape index (κ1) is 16.5. The van der Waals surface area contributed by atoms with Crippen LogP contribution in [-0.2, 0) is 0 Å². The van der Waals surface area contributed by atoms with E-state index in [-0.39, 0.29) is 5.54 Å². The summed E-state index contributed by atoms with van der Waals surface area (Å²) in [5.41, 5.74) is 3.03. The van der Waals surface area contributed by atoms with Gasteiger partial charge in [-0.25, -0.2) is 0 Å². The van der Waals surface area contributed by atoms with E-state index in [1.54, 1.807) is 0 Å². The molecule has 0 saturated heterocycles. The largest absolute Gasteiger partial charge is 0.308 e. The Morgan fingerprint density at radius 1 is 1.19 bits per heavy atom. The van der Waals surface area contributed by atoms with Crippen LogP contribution in [0.5, 0.6) is 0 Å². The topological polar surface area (TPSA) is 15.3 Å². The number of benzene rings is 1. The molecule has 1 unspecified atom stereocenters. The summed E-state index contributed by atoms with van der Waals surface area (Å²) < 4.78 is 0. The van der Waals surface area contributed by atoms with Crippen molar-refractivity contribution < 1.29 is 0 Å². The number of likely N-dealkylation sites (N-methyl/N-ethyl adjacent to an activating group) is 1. The van der Waals surface area contributed by atoms with Crippen molar-refractivity contribution in [1.82, 2.24) is 10.2 Å². The molecule has 2 nitrogen and oxygen atoms in total. The predicted octanol–water partition coefficient (Wildman–Crippen LogP) is 4.34. The van der Waals surface area contributed by atoms with Gasteiger partial charge in [0.2, 0.25) is 0 Å². The third-order valence-corrected chi connectivity index (χ3v) is 5.30. The number of hydrogen-bond donors (Lipinski definition) is 1. The molecule has 1 aromatic rings. The fourth-order valence-electron chi connectivity index (χ4n) is 3.02. The molecule has 1 aromatic carbocycles. The van der Waals surface area contributed by atoms with Crippen LogP contribution < -0.4 is 5.32 Å². The lowest BCUT2D eigenvalue weighted by Crippen LogP contribution is -2.49. The summed E-state index contributed by atoms with van der Waals surface area (Å²) in [6.45, 7) is 7.93. The van der Waals surface area contributed by atoms with Crippen LogP contribution in [0.3, 0.4) is 0 Å². The van der Waals surface area contributed by atoms with E-state index in [0.29, 0.717) is 6.04 Å². The molecule has 118 valence electrons. The molecule has 0 aliphatic heterocycles. The average molecular weight is 288 g/mol. The monoisotopic (exact) mass is 288 g/mol. The molecule has 0 spiro atoms. The molecular weight excluding hydrogens is 256 g/mol. The SMILES string of the molecule is CCCNC(c1ccc(C2CCC2)cc1)C(C)(C)N(C)C. The normalized spacial score (nSPS) is 17.8. The lowest BCUT2D eigenvalue weighted by Gasteiger charge is -2.41. The maximum Gasteiger partial charge on any atom is 0.0501 e. The lowest BCUT2D eigenvalue weighted by molar-refractivity contribution is 0.138. The third-order valence-electron chi connectivity index (χ3n) is 5.30. The van der Waals surface area contributed by atoms with Gasteiger partial charge in [-0.3, -0.25) is 0 Å². The maximum atomic E-state index is 3.74. The highest BCUT2D eigenvalue weighted by atomic mass is 15.2. The highest BCUT2D eigenvalue weighted by Crippen LogP contribution is 2.37. The van der Waals surface area contributed by atoms with Gasteiger partial charge < -0.3 is 10.2 Å². The fraction of sp³-hybridized carbons (Fsp3) is 0.684. The van der Waals surface area contributed by atoms with Gasteiger partial charge in [0.1, 0.15) is 0 Å². The van der Waals surface area contributed by atoms with Crippen molar-refractivity contribution in [3.05, 3.63) is 35.4 Å². The second kappa shape index (κ2) is 6.93. The van der Waals surface area contributed by atoms with E-state index < -0.39 is 0 Å². The van der Waals surface area contributed by atoms with Crippen molar-refractivity contribution >= 4 is 0 Å². The van der Waals surface area contributed by atoms with Crippen molar-refractivity contribution in [2.75, 3.05) is 20.6 Å². The Balaban J connectivity index is 2.19. The maximum absolute atomic E-state index is 3.74. The zero-order valence-corrected chi connectivity index (χ0v) is 14.4. The standard InChI is InChI=1S/C19H32N2/c1-6-14-20-18(19(2,3)21(4)5)17-12-10-16(11-13-17)15-8-7-9-15/h10-13,15,18,20H,6-9,14H2,1-5H3. The van der Waals surface area contributed by atoms with Crippen LogP contribution in [0.4, 0.5) is 0 Å². The molecule has 2 heteroatoms. The predicted molar refractivity (Wildman–Crippen MR) is 91.8 cm³/mol. The highest BCUT2D eigenvalue weighted by Gasteiger charge is 2.32. The van der Waals surface area contributed by atoms with Crippen LogP contribution in [-0.4, -0.2) is 31.1 Å². The fourth-order valence-corrected chi connectivity index (χ4v) is 3.02. The highest BCUT2D eigenvalue weighted by molar-refractivity contribution is 5.30. The molecule has 0 heterocycles. The second-order valence-corrected chi connectivity index (χ2v) is 7.23. The lowest BCUT2D eigenvalue weighted by atomic mass is 9.79. The van der Waals surface area contributed by atoms with Gasteiger partial charge >= 0.3 is 0 Å². The molecule has 0 aromatic heterocycles. The van der Waals surface area contributed by atoms with Crippen LogP contribution in [0.1, 0.15) is 69.5 Å². The number of nitrogens with zero attached hydrogens (tertiary/aromatic N) is 1. The van der Waals surface area contributed by atoms with E-state index >= 15 is 0 Å². The molecule has 1 N–H and O–H groups in total. The van der Waals surface area contributed by atoms with Crippen LogP contribution in [0.15, 0.2) is 24.3 Å². The minimum absolute atomic E-state index is 0.0904. The first-order valence-corrected chi connectivity index (χ1v) is 8.47. The van der Waals surface area contributed by atoms with Crippen LogP contribution in [0.2, 0.25) is 0 Å². The molecule has 1 saturated carbocycles. The Hall–Kier alpha value is -0.860. The smallest absolute Gasteiger partial charge is 0.0501 e. The van der Waals surface area contributed by atoms with Gasteiger partial charge in [-0.05, 0) is 70.8 Å². The summed E-state index contributed by atoms with van der Waals surface area (Å²) in [6.07, 6.45) is 5.32. The molecule has 0 amide bonds. The molecule has 0 radical (unpaired) electrons. The van der Waals surface area contributed by atoms with E-state index in [4.69, 9.17) is 0 Å². The minimum Gasteiger partial charge on any atom is -0.308 e. The third kappa shape index (κ3) is 3.67. The number of nitrogens with one attached hydrogen (secondary N) is 1. The Morgan fingerprint density at radius 2 is 1.81 bits per heavy atom. The first-order valence-electron chi connectivity index (χ1n) is 8.47. The minimum atomic E-state index is 0.0904. The molecule has 2 rings (SSSR count). The molecular formula is C19H32N2. The Kier molecular flexibility index (Phi) is 5.45. The van der Waals surface area contributed by atoms with Gasteiger partial charge in [0.15, 0.2) is 0 Å². The van der Waals surface area contributed by atoms with E-state index in [9.17, 15) is 0 Å².